The van der Waals surface area contributed by atoms with Crippen molar-refractivity contribution in [2.75, 3.05) is 13.2 Å². The molecule has 0 bridgehead atoms. The first-order valence-corrected chi connectivity index (χ1v) is 29.2. The van der Waals surface area contributed by atoms with Gasteiger partial charge in [-0.3, -0.25) is 14.4 Å². The fraction of sp³-hybridized carbons (Fsp3) is 0.949. The highest BCUT2D eigenvalue weighted by Gasteiger charge is 2.19. The van der Waals surface area contributed by atoms with E-state index < -0.39 is 6.10 Å². The van der Waals surface area contributed by atoms with Gasteiger partial charge in [0.15, 0.2) is 6.10 Å². The average Bonchev–Trinajstić information content (AvgIpc) is 3.29. The van der Waals surface area contributed by atoms with Crippen LogP contribution in [0.4, 0.5) is 0 Å². The summed E-state index contributed by atoms with van der Waals surface area (Å²) in [7, 11) is 0. The van der Waals surface area contributed by atoms with Crippen LogP contribution in [0, 0.1) is 17.8 Å². The molecule has 0 aromatic carbocycles. The van der Waals surface area contributed by atoms with Crippen LogP contribution in [0.1, 0.15) is 324 Å². The van der Waals surface area contributed by atoms with E-state index in [2.05, 4.69) is 41.5 Å². The van der Waals surface area contributed by atoms with Gasteiger partial charge in [-0.05, 0) is 37.0 Å². The van der Waals surface area contributed by atoms with Gasteiger partial charge in [-0.15, -0.1) is 0 Å². The lowest BCUT2D eigenvalue weighted by atomic mass is 9.99. The number of unbranched alkanes of at least 4 members (excludes halogenated alkanes) is 33. The van der Waals surface area contributed by atoms with Crippen LogP contribution in [0.15, 0.2) is 0 Å². The topological polar surface area (TPSA) is 78.9 Å². The van der Waals surface area contributed by atoms with E-state index in [1.54, 1.807) is 0 Å². The van der Waals surface area contributed by atoms with E-state index >= 15 is 0 Å². The van der Waals surface area contributed by atoms with Crippen molar-refractivity contribution in [3.63, 3.8) is 0 Å². The van der Waals surface area contributed by atoms with Crippen molar-refractivity contribution in [2.45, 2.75) is 330 Å². The quantitative estimate of drug-likeness (QED) is 0.0344. The summed E-state index contributed by atoms with van der Waals surface area (Å²) in [4.78, 5) is 38.1. The van der Waals surface area contributed by atoms with Crippen LogP contribution in [0.3, 0.4) is 0 Å². The number of ether oxygens (including phenoxy) is 3. The summed E-state index contributed by atoms with van der Waals surface area (Å²) in [6.45, 7) is 13.8. The second-order valence-corrected chi connectivity index (χ2v) is 21.2. The van der Waals surface area contributed by atoms with Crippen LogP contribution in [0.2, 0.25) is 0 Å². The number of carbonyl (C=O) groups excluding carboxylic acids is 3. The Morgan fingerprint density at radius 2 is 0.538 bits per heavy atom. The molecular weight excluding hydrogens is 805 g/mol. The number of esters is 3. The van der Waals surface area contributed by atoms with Crippen molar-refractivity contribution in [1.29, 1.82) is 0 Å². The highest BCUT2D eigenvalue weighted by molar-refractivity contribution is 5.71. The zero-order chi connectivity index (χ0) is 47.7. The summed E-state index contributed by atoms with van der Waals surface area (Å²) >= 11 is 0. The van der Waals surface area contributed by atoms with Gasteiger partial charge in [0.25, 0.3) is 0 Å². The first kappa shape index (κ1) is 63.4. The summed E-state index contributed by atoms with van der Waals surface area (Å²) in [5.41, 5.74) is 0. The minimum atomic E-state index is -0.764. The number of carbonyl (C=O) groups is 3. The predicted octanol–water partition coefficient (Wildman–Crippen LogP) is 19.1. The Kier molecular flexibility index (Phi) is 49.1. The smallest absolute Gasteiger partial charge is 0.306 e. The highest BCUT2D eigenvalue weighted by atomic mass is 16.6. The van der Waals surface area contributed by atoms with Gasteiger partial charge in [0, 0.05) is 19.3 Å². The lowest BCUT2D eigenvalue weighted by molar-refractivity contribution is -0.167. The molecule has 0 aliphatic rings. The predicted molar refractivity (Wildman–Crippen MR) is 279 cm³/mol. The van der Waals surface area contributed by atoms with Crippen LogP contribution < -0.4 is 0 Å². The van der Waals surface area contributed by atoms with Gasteiger partial charge in [0.05, 0.1) is 0 Å². The molecule has 0 radical (unpaired) electrons. The van der Waals surface area contributed by atoms with E-state index in [0.717, 1.165) is 75.5 Å². The third-order valence-electron chi connectivity index (χ3n) is 14.1. The average molecular weight is 920 g/mol. The minimum absolute atomic E-state index is 0.0643. The summed E-state index contributed by atoms with van der Waals surface area (Å²) < 4.78 is 16.9. The van der Waals surface area contributed by atoms with Crippen molar-refractivity contribution >= 4 is 17.9 Å². The first-order valence-electron chi connectivity index (χ1n) is 29.2. The summed E-state index contributed by atoms with van der Waals surface area (Å²) in [5.74, 6) is 1.73. The van der Waals surface area contributed by atoms with Crippen LogP contribution in [-0.4, -0.2) is 37.2 Å². The molecule has 65 heavy (non-hydrogen) atoms. The Balaban J connectivity index is 4.24. The molecule has 0 heterocycles. The van der Waals surface area contributed by atoms with Gasteiger partial charge in [0.2, 0.25) is 0 Å². The van der Waals surface area contributed by atoms with Gasteiger partial charge in [-0.2, -0.15) is 0 Å². The molecular formula is C59H114O6. The lowest BCUT2D eigenvalue weighted by Crippen LogP contribution is -2.30. The molecule has 0 saturated carbocycles. The van der Waals surface area contributed by atoms with E-state index in [1.807, 2.05) is 0 Å². The summed E-state index contributed by atoms with van der Waals surface area (Å²) in [6, 6.07) is 0. The van der Waals surface area contributed by atoms with E-state index in [9.17, 15) is 14.4 Å². The zero-order valence-corrected chi connectivity index (χ0v) is 44.8. The van der Waals surface area contributed by atoms with Gasteiger partial charge < -0.3 is 14.2 Å². The number of hydrogen-bond donors (Lipinski definition) is 0. The molecule has 2 unspecified atom stereocenters. The number of rotatable bonds is 52. The highest BCUT2D eigenvalue weighted by Crippen LogP contribution is 2.19. The Morgan fingerprint density at radius 3 is 0.800 bits per heavy atom. The Labute approximate surface area is 406 Å². The van der Waals surface area contributed by atoms with Crippen LogP contribution in [-0.2, 0) is 28.6 Å². The van der Waals surface area contributed by atoms with E-state index in [0.29, 0.717) is 19.3 Å². The second kappa shape index (κ2) is 50.3. The summed E-state index contributed by atoms with van der Waals surface area (Å²) in [6.07, 6.45) is 52.4. The Hall–Kier alpha value is -1.59. The third kappa shape index (κ3) is 50.1. The van der Waals surface area contributed by atoms with Crippen LogP contribution in [0.25, 0.3) is 0 Å². The molecule has 0 spiro atoms. The zero-order valence-electron chi connectivity index (χ0n) is 44.8. The van der Waals surface area contributed by atoms with Gasteiger partial charge in [-0.1, -0.05) is 286 Å². The maximum absolute atomic E-state index is 12.9. The molecule has 0 N–H and O–H groups in total. The second-order valence-electron chi connectivity index (χ2n) is 21.2. The molecule has 0 amide bonds. The van der Waals surface area contributed by atoms with E-state index in [4.69, 9.17) is 14.2 Å². The van der Waals surface area contributed by atoms with E-state index in [-0.39, 0.29) is 31.1 Å². The third-order valence-corrected chi connectivity index (χ3v) is 14.1. The lowest BCUT2D eigenvalue weighted by Gasteiger charge is -2.18. The van der Waals surface area contributed by atoms with E-state index in [1.165, 1.54) is 205 Å². The van der Waals surface area contributed by atoms with Crippen molar-refractivity contribution in [2.24, 2.45) is 17.8 Å². The maximum atomic E-state index is 12.9. The van der Waals surface area contributed by atoms with Crippen molar-refractivity contribution in [3.05, 3.63) is 0 Å². The molecule has 6 heteroatoms. The van der Waals surface area contributed by atoms with Crippen molar-refractivity contribution in [3.8, 4) is 0 Å². The van der Waals surface area contributed by atoms with Crippen LogP contribution in [0.5, 0.6) is 0 Å². The molecule has 386 valence electrons. The molecule has 0 aliphatic heterocycles. The molecule has 6 nitrogen and oxygen atoms in total. The maximum Gasteiger partial charge on any atom is 0.306 e. The standard InChI is InChI=1S/C59H114O6/c1-7-54(5)46-40-34-28-21-17-15-13-11-9-10-12-14-16-18-24-32-38-44-50-59(62)65-56(52-64-58(61)49-43-37-31-26-25-27-33-39-45-53(3)4)51-63-57(60)48-42-36-30-23-20-19-22-29-35-41-47-55(6)8-2/h53-56H,7-52H2,1-6H3/t54?,55?,56-/m1/s1. The molecule has 0 aliphatic carbocycles. The van der Waals surface area contributed by atoms with Gasteiger partial charge >= 0.3 is 17.9 Å². The molecule has 3 atom stereocenters. The Morgan fingerprint density at radius 1 is 0.308 bits per heavy atom. The number of hydrogen-bond acceptors (Lipinski definition) is 6. The van der Waals surface area contributed by atoms with Crippen molar-refractivity contribution in [1.82, 2.24) is 0 Å². The fourth-order valence-corrected chi connectivity index (χ4v) is 8.93. The molecule has 0 aromatic heterocycles. The Bertz CT molecular complexity index is 1010. The normalized spacial score (nSPS) is 13.0. The fourth-order valence-electron chi connectivity index (χ4n) is 8.93. The minimum Gasteiger partial charge on any atom is -0.462 e. The first-order chi connectivity index (χ1) is 31.7. The molecule has 0 saturated heterocycles. The SMILES string of the molecule is CCC(C)CCCCCCCCCCCCCCCCCCCCC(=O)O[C@H](COC(=O)CCCCCCCCCCCCC(C)CC)COC(=O)CCCCCCCCCCC(C)C. The monoisotopic (exact) mass is 919 g/mol. The molecule has 0 rings (SSSR count). The molecule has 0 aromatic rings. The molecule has 0 fully saturated rings. The van der Waals surface area contributed by atoms with Crippen molar-refractivity contribution < 1.29 is 28.6 Å². The largest absolute Gasteiger partial charge is 0.462 e. The van der Waals surface area contributed by atoms with Gasteiger partial charge in [0.1, 0.15) is 13.2 Å². The van der Waals surface area contributed by atoms with Crippen LogP contribution >= 0.6 is 0 Å². The van der Waals surface area contributed by atoms with Gasteiger partial charge in [-0.25, -0.2) is 0 Å². The summed E-state index contributed by atoms with van der Waals surface area (Å²) in [5, 5.41) is 0.